The highest BCUT2D eigenvalue weighted by Gasteiger charge is 2.50. The largest absolute Gasteiger partial charge is 0.380 e. The molecule has 2 fully saturated rings. The fraction of sp³-hybridized carbons (Fsp3) is 0.361. The number of aromatic nitrogens is 5. The van der Waals surface area contributed by atoms with Gasteiger partial charge in [0.05, 0.1) is 30.5 Å². The van der Waals surface area contributed by atoms with Crippen molar-refractivity contribution in [3.8, 4) is 11.3 Å². The molecule has 0 aliphatic carbocycles. The quantitative estimate of drug-likeness (QED) is 0.202. The van der Waals surface area contributed by atoms with Crippen LogP contribution in [0.3, 0.4) is 0 Å². The molecule has 7 rings (SSSR count). The SMILES string of the molecule is CC(C)c1cnn2c(NCc3ccccc3-c3nccc4cc(CC(=O)/C=C/CN(C)C)ccc34)nc(N3CC4(COC4)C3)nc12. The standard InChI is InChI=1S/C36H40N8O2/c1-24(2)31-19-39-44-33(31)40-35(43-20-36(21-43)22-46-23-36)41-34(44)38-18-27-8-5-6-10-29(27)32-30-12-11-25(16-26(30)13-14-37-32)17-28(45)9-7-15-42(3)4/h5-14,16,19,24H,15,17-18,20-23H2,1-4H3,(H,38,40,41)/b9-7+. The summed E-state index contributed by atoms with van der Waals surface area (Å²) in [5.74, 6) is 1.76. The molecule has 46 heavy (non-hydrogen) atoms. The van der Waals surface area contributed by atoms with E-state index in [2.05, 4.69) is 53.4 Å². The first-order valence-corrected chi connectivity index (χ1v) is 15.9. The van der Waals surface area contributed by atoms with Crippen molar-refractivity contribution in [2.75, 3.05) is 57.2 Å². The van der Waals surface area contributed by atoms with Crippen molar-refractivity contribution in [3.05, 3.63) is 89.8 Å². The van der Waals surface area contributed by atoms with Crippen LogP contribution in [0.15, 0.2) is 73.1 Å². The van der Waals surface area contributed by atoms with Gasteiger partial charge in [0.25, 0.3) is 0 Å². The van der Waals surface area contributed by atoms with Crippen molar-refractivity contribution in [3.63, 3.8) is 0 Å². The molecule has 5 aromatic rings. The number of nitrogens with one attached hydrogen (secondary N) is 1. The van der Waals surface area contributed by atoms with Crippen molar-refractivity contribution in [2.24, 2.45) is 5.41 Å². The summed E-state index contributed by atoms with van der Waals surface area (Å²) in [7, 11) is 3.97. The van der Waals surface area contributed by atoms with Gasteiger partial charge in [0.2, 0.25) is 11.9 Å². The summed E-state index contributed by atoms with van der Waals surface area (Å²) >= 11 is 0. The second-order valence-electron chi connectivity index (χ2n) is 13.2. The lowest BCUT2D eigenvalue weighted by atomic mass is 9.78. The molecule has 0 amide bonds. The van der Waals surface area contributed by atoms with Crippen LogP contribution in [0.4, 0.5) is 11.9 Å². The Kier molecular flexibility index (Phi) is 8.00. The third kappa shape index (κ3) is 5.86. The Bertz CT molecular complexity index is 1930. The second kappa shape index (κ2) is 12.3. The highest BCUT2D eigenvalue weighted by atomic mass is 16.5. The number of pyridine rings is 1. The number of allylic oxidation sites excluding steroid dienone is 1. The van der Waals surface area contributed by atoms with E-state index in [0.29, 0.717) is 18.9 Å². The Morgan fingerprint density at radius 1 is 1.11 bits per heavy atom. The van der Waals surface area contributed by atoms with Gasteiger partial charge in [-0.1, -0.05) is 62.4 Å². The van der Waals surface area contributed by atoms with Gasteiger partial charge in [0, 0.05) is 55.3 Å². The number of benzene rings is 2. The van der Waals surface area contributed by atoms with Crippen LogP contribution >= 0.6 is 0 Å². The molecule has 2 aromatic carbocycles. The molecule has 10 nitrogen and oxygen atoms in total. The number of fused-ring (bicyclic) bond motifs is 2. The number of rotatable bonds is 11. The number of likely N-dealkylation sites (N-methyl/N-ethyl adjacent to an activating group) is 1. The minimum atomic E-state index is 0.0947. The summed E-state index contributed by atoms with van der Waals surface area (Å²) in [5, 5.41) is 10.4. The summed E-state index contributed by atoms with van der Waals surface area (Å²) in [6.45, 7) is 9.04. The van der Waals surface area contributed by atoms with Crippen LogP contribution in [0.5, 0.6) is 0 Å². The first-order chi connectivity index (χ1) is 22.3. The summed E-state index contributed by atoms with van der Waals surface area (Å²) < 4.78 is 7.30. The van der Waals surface area contributed by atoms with Crippen LogP contribution in [-0.2, 0) is 22.5 Å². The van der Waals surface area contributed by atoms with Gasteiger partial charge >= 0.3 is 0 Å². The number of nitrogens with zero attached hydrogens (tertiary/aromatic N) is 7. The van der Waals surface area contributed by atoms with Gasteiger partial charge in [-0.25, -0.2) is 0 Å². The van der Waals surface area contributed by atoms with E-state index in [9.17, 15) is 4.79 Å². The third-order valence-electron chi connectivity index (χ3n) is 8.85. The van der Waals surface area contributed by atoms with Crippen LogP contribution in [0.1, 0.15) is 36.5 Å². The summed E-state index contributed by atoms with van der Waals surface area (Å²) in [6.07, 6.45) is 7.69. The molecular formula is C36H40N8O2. The molecule has 0 unspecified atom stereocenters. The molecule has 5 heterocycles. The van der Waals surface area contributed by atoms with Crippen LogP contribution in [-0.4, -0.2) is 82.2 Å². The Morgan fingerprint density at radius 3 is 2.70 bits per heavy atom. The van der Waals surface area contributed by atoms with Crippen LogP contribution in [0.2, 0.25) is 0 Å². The normalized spacial score (nSPS) is 15.7. The van der Waals surface area contributed by atoms with Gasteiger partial charge in [-0.3, -0.25) is 9.78 Å². The molecule has 236 valence electrons. The van der Waals surface area contributed by atoms with Gasteiger partial charge in [-0.2, -0.15) is 19.6 Å². The first-order valence-electron chi connectivity index (χ1n) is 15.9. The maximum absolute atomic E-state index is 12.5. The topological polar surface area (TPSA) is 101 Å². The fourth-order valence-electron chi connectivity index (χ4n) is 6.31. The summed E-state index contributed by atoms with van der Waals surface area (Å²) in [6, 6.07) is 16.5. The molecule has 0 radical (unpaired) electrons. The van der Waals surface area contributed by atoms with E-state index in [1.54, 1.807) is 6.08 Å². The zero-order chi connectivity index (χ0) is 31.8. The average Bonchev–Trinajstić information content (AvgIpc) is 3.43. The summed E-state index contributed by atoms with van der Waals surface area (Å²) in [5.41, 5.74) is 6.21. The van der Waals surface area contributed by atoms with Crippen LogP contribution in [0, 0.1) is 5.41 Å². The molecule has 10 heteroatoms. The zero-order valence-corrected chi connectivity index (χ0v) is 26.9. The molecule has 0 atom stereocenters. The molecule has 3 aromatic heterocycles. The van der Waals surface area contributed by atoms with E-state index in [0.717, 1.165) is 83.2 Å². The van der Waals surface area contributed by atoms with Gasteiger partial charge in [-0.05, 0) is 48.7 Å². The van der Waals surface area contributed by atoms with Gasteiger partial charge in [-0.15, -0.1) is 0 Å². The van der Waals surface area contributed by atoms with E-state index >= 15 is 0 Å². The lowest BCUT2D eigenvalue weighted by Gasteiger charge is -2.54. The van der Waals surface area contributed by atoms with E-state index < -0.39 is 0 Å². The molecule has 2 saturated heterocycles. The maximum atomic E-state index is 12.5. The monoisotopic (exact) mass is 616 g/mol. The first kappa shape index (κ1) is 30.0. The number of carbonyl (C=O) groups excluding carboxylic acids is 1. The van der Waals surface area contributed by atoms with Gasteiger partial charge in [0.1, 0.15) is 0 Å². The van der Waals surface area contributed by atoms with E-state index in [-0.39, 0.29) is 17.1 Å². The molecule has 1 spiro atoms. The predicted octanol–water partition coefficient (Wildman–Crippen LogP) is 5.14. The van der Waals surface area contributed by atoms with E-state index in [1.807, 2.05) is 66.2 Å². The van der Waals surface area contributed by atoms with E-state index in [1.165, 1.54) is 0 Å². The molecular weight excluding hydrogens is 576 g/mol. The smallest absolute Gasteiger partial charge is 0.230 e. The zero-order valence-electron chi connectivity index (χ0n) is 26.9. The van der Waals surface area contributed by atoms with Crippen molar-refractivity contribution in [2.45, 2.75) is 32.7 Å². The Hall–Kier alpha value is -4.67. The average molecular weight is 617 g/mol. The number of anilines is 2. The minimum absolute atomic E-state index is 0.0947. The highest BCUT2D eigenvalue weighted by Crippen LogP contribution is 2.39. The minimum Gasteiger partial charge on any atom is -0.380 e. The number of hydrogen-bond donors (Lipinski definition) is 1. The molecule has 1 N–H and O–H groups in total. The van der Waals surface area contributed by atoms with Gasteiger partial charge < -0.3 is 19.9 Å². The molecule has 0 bridgehead atoms. The lowest BCUT2D eigenvalue weighted by Crippen LogP contribution is -2.66. The third-order valence-corrected chi connectivity index (χ3v) is 8.85. The Morgan fingerprint density at radius 2 is 1.93 bits per heavy atom. The number of carbonyl (C=O) groups is 1. The molecule has 2 aliphatic rings. The predicted molar refractivity (Wildman–Crippen MR) is 181 cm³/mol. The van der Waals surface area contributed by atoms with Crippen LogP contribution in [0.25, 0.3) is 27.7 Å². The van der Waals surface area contributed by atoms with Crippen molar-refractivity contribution in [1.29, 1.82) is 0 Å². The van der Waals surface area contributed by atoms with Gasteiger partial charge in [0.15, 0.2) is 11.4 Å². The van der Waals surface area contributed by atoms with Crippen molar-refractivity contribution < 1.29 is 9.53 Å². The second-order valence-corrected chi connectivity index (χ2v) is 13.2. The molecule has 2 aliphatic heterocycles. The van der Waals surface area contributed by atoms with Crippen molar-refractivity contribution >= 4 is 34.1 Å². The number of ketones is 1. The Balaban J connectivity index is 1.15. The highest BCUT2D eigenvalue weighted by molar-refractivity contribution is 5.97. The Labute approximate surface area is 269 Å². The van der Waals surface area contributed by atoms with E-state index in [4.69, 9.17) is 19.7 Å². The maximum Gasteiger partial charge on any atom is 0.230 e. The molecule has 0 saturated carbocycles. The van der Waals surface area contributed by atoms with Crippen molar-refractivity contribution in [1.82, 2.24) is 29.5 Å². The lowest BCUT2D eigenvalue weighted by molar-refractivity contribution is -0.127. The number of ether oxygens (including phenoxy) is 1. The summed E-state index contributed by atoms with van der Waals surface area (Å²) in [4.78, 5) is 31.6. The number of hydrogen-bond acceptors (Lipinski definition) is 9. The van der Waals surface area contributed by atoms with Crippen LogP contribution < -0.4 is 10.2 Å². The fourth-order valence-corrected chi connectivity index (χ4v) is 6.31.